The van der Waals surface area contributed by atoms with Gasteiger partial charge in [-0.1, -0.05) is 142 Å². The van der Waals surface area contributed by atoms with E-state index in [-0.39, 0.29) is 0 Å². The zero-order valence-electron chi connectivity index (χ0n) is 26.7. The molecular weight excluding hydrogens is 480 g/mol. The molecule has 0 spiro atoms. The van der Waals surface area contributed by atoms with Crippen LogP contribution >= 0.6 is 0 Å². The molecule has 2 aliphatic heterocycles. The SMILES string of the molecule is CCCCCCCCCCCCC(CCC1CCO1)OC(CCCCCCCCCCCC)CCC1CCO1. The molecule has 3 nitrogen and oxygen atoms in total. The molecule has 0 aliphatic carbocycles. The second kappa shape index (κ2) is 25.6. The molecule has 0 N–H and O–H groups in total. The number of hydrogen-bond acceptors (Lipinski definition) is 3. The van der Waals surface area contributed by atoms with E-state index in [2.05, 4.69) is 13.8 Å². The van der Waals surface area contributed by atoms with Crippen LogP contribution in [0.5, 0.6) is 0 Å². The third-order valence-corrected chi connectivity index (χ3v) is 9.35. The summed E-state index contributed by atoms with van der Waals surface area (Å²) >= 11 is 0. The lowest BCUT2D eigenvalue weighted by Crippen LogP contribution is -2.31. The molecule has 0 saturated carbocycles. The van der Waals surface area contributed by atoms with Crippen LogP contribution < -0.4 is 0 Å². The fourth-order valence-electron chi connectivity index (χ4n) is 6.32. The zero-order chi connectivity index (χ0) is 27.6. The third kappa shape index (κ3) is 19.6. The van der Waals surface area contributed by atoms with E-state index in [0.29, 0.717) is 24.4 Å². The Morgan fingerprint density at radius 1 is 0.462 bits per heavy atom. The summed E-state index contributed by atoms with van der Waals surface area (Å²) in [5.74, 6) is 0. The van der Waals surface area contributed by atoms with E-state index in [1.54, 1.807) is 0 Å². The summed E-state index contributed by atoms with van der Waals surface area (Å²) in [5, 5.41) is 0. The summed E-state index contributed by atoms with van der Waals surface area (Å²) in [4.78, 5) is 0. The number of hydrogen-bond donors (Lipinski definition) is 0. The summed E-state index contributed by atoms with van der Waals surface area (Å²) in [6.45, 7) is 6.55. The highest BCUT2D eigenvalue weighted by molar-refractivity contribution is 4.74. The van der Waals surface area contributed by atoms with Crippen LogP contribution in [0.4, 0.5) is 0 Å². The summed E-state index contributed by atoms with van der Waals surface area (Å²) < 4.78 is 18.5. The maximum absolute atomic E-state index is 6.94. The van der Waals surface area contributed by atoms with Crippen molar-refractivity contribution in [3.63, 3.8) is 0 Å². The van der Waals surface area contributed by atoms with Gasteiger partial charge >= 0.3 is 0 Å². The van der Waals surface area contributed by atoms with Crippen LogP contribution in [0.2, 0.25) is 0 Å². The lowest BCUT2D eigenvalue weighted by Gasteiger charge is -2.32. The minimum atomic E-state index is 0.429. The van der Waals surface area contributed by atoms with Crippen molar-refractivity contribution >= 4 is 0 Å². The molecule has 39 heavy (non-hydrogen) atoms. The van der Waals surface area contributed by atoms with Gasteiger partial charge in [-0.25, -0.2) is 0 Å². The van der Waals surface area contributed by atoms with E-state index in [1.807, 2.05) is 0 Å². The lowest BCUT2D eigenvalue weighted by molar-refractivity contribution is -0.0860. The molecule has 0 radical (unpaired) electrons. The van der Waals surface area contributed by atoms with E-state index < -0.39 is 0 Å². The average Bonchev–Trinajstić information content (AvgIpc) is 2.88. The monoisotopic (exact) mass is 551 g/mol. The molecule has 2 aliphatic rings. The second-order valence-electron chi connectivity index (χ2n) is 13.0. The largest absolute Gasteiger partial charge is 0.378 e. The van der Waals surface area contributed by atoms with Crippen molar-refractivity contribution in [2.45, 2.75) is 218 Å². The van der Waals surface area contributed by atoms with Crippen LogP contribution in [-0.2, 0) is 14.2 Å². The number of rotatable bonds is 30. The van der Waals surface area contributed by atoms with Gasteiger partial charge in [-0.15, -0.1) is 0 Å². The number of unbranched alkanes of at least 4 members (excludes halogenated alkanes) is 18. The Labute approximate surface area is 245 Å². The standard InChI is InChI=1S/C36H70O3/c1-3-5-7-9-11-13-15-17-19-21-23-35(27-25-33-29-31-37-33)39-36(28-26-34-30-32-38-34)24-22-20-18-16-14-12-10-8-6-4-2/h33-36H,3-32H2,1-2H3. The molecule has 0 amide bonds. The zero-order valence-corrected chi connectivity index (χ0v) is 26.7. The molecule has 4 atom stereocenters. The fourth-order valence-corrected chi connectivity index (χ4v) is 6.32. The Kier molecular flexibility index (Phi) is 23.0. The van der Waals surface area contributed by atoms with Crippen molar-refractivity contribution in [3.05, 3.63) is 0 Å². The van der Waals surface area contributed by atoms with E-state index in [9.17, 15) is 0 Å². The minimum Gasteiger partial charge on any atom is -0.378 e. The van der Waals surface area contributed by atoms with Crippen molar-refractivity contribution in [3.8, 4) is 0 Å². The Morgan fingerprint density at radius 3 is 1.05 bits per heavy atom. The molecule has 0 aromatic carbocycles. The van der Waals surface area contributed by atoms with Gasteiger partial charge in [-0.3, -0.25) is 0 Å². The van der Waals surface area contributed by atoms with Crippen molar-refractivity contribution in [1.82, 2.24) is 0 Å². The maximum Gasteiger partial charge on any atom is 0.0598 e. The molecule has 2 heterocycles. The van der Waals surface area contributed by atoms with Gasteiger partial charge in [0.2, 0.25) is 0 Å². The minimum absolute atomic E-state index is 0.429. The molecule has 2 saturated heterocycles. The number of ether oxygens (including phenoxy) is 3. The van der Waals surface area contributed by atoms with Gasteiger partial charge in [0.15, 0.2) is 0 Å². The predicted octanol–water partition coefficient (Wildman–Crippen LogP) is 11.5. The molecule has 2 rings (SSSR count). The summed E-state index contributed by atoms with van der Waals surface area (Å²) in [6, 6.07) is 0. The molecule has 2 fully saturated rings. The quantitative estimate of drug-likeness (QED) is 0.0832. The van der Waals surface area contributed by atoms with Crippen molar-refractivity contribution in [2.24, 2.45) is 0 Å². The first-order valence-corrected chi connectivity index (χ1v) is 18.2. The Balaban J connectivity index is 1.64. The van der Waals surface area contributed by atoms with Crippen LogP contribution in [0.15, 0.2) is 0 Å². The summed E-state index contributed by atoms with van der Waals surface area (Å²) in [5.41, 5.74) is 0. The summed E-state index contributed by atoms with van der Waals surface area (Å²) in [6.07, 6.45) is 39.8. The average molecular weight is 551 g/mol. The molecular formula is C36H70O3. The highest BCUT2D eigenvalue weighted by Crippen LogP contribution is 2.26. The maximum atomic E-state index is 6.94. The van der Waals surface area contributed by atoms with E-state index in [0.717, 1.165) is 13.2 Å². The molecule has 3 heteroatoms. The second-order valence-corrected chi connectivity index (χ2v) is 13.0. The first-order chi connectivity index (χ1) is 19.3. The third-order valence-electron chi connectivity index (χ3n) is 9.35. The van der Waals surface area contributed by atoms with Crippen molar-refractivity contribution < 1.29 is 14.2 Å². The first kappa shape index (κ1) is 35.1. The molecule has 4 unspecified atom stereocenters. The first-order valence-electron chi connectivity index (χ1n) is 18.2. The van der Waals surface area contributed by atoms with Crippen LogP contribution in [0.3, 0.4) is 0 Å². The van der Waals surface area contributed by atoms with Crippen LogP contribution in [0.25, 0.3) is 0 Å². The van der Waals surface area contributed by atoms with Gasteiger partial charge in [0.05, 0.1) is 24.4 Å². The van der Waals surface area contributed by atoms with Gasteiger partial charge in [0.25, 0.3) is 0 Å². The normalized spacial score (nSPS) is 20.5. The van der Waals surface area contributed by atoms with E-state index in [4.69, 9.17) is 14.2 Å². The lowest BCUT2D eigenvalue weighted by atomic mass is 9.97. The van der Waals surface area contributed by atoms with Gasteiger partial charge in [0.1, 0.15) is 0 Å². The van der Waals surface area contributed by atoms with Crippen LogP contribution in [-0.4, -0.2) is 37.6 Å². The smallest absolute Gasteiger partial charge is 0.0598 e. The Bertz CT molecular complexity index is 458. The molecule has 232 valence electrons. The van der Waals surface area contributed by atoms with Gasteiger partial charge in [0, 0.05) is 13.2 Å². The van der Waals surface area contributed by atoms with Crippen LogP contribution in [0.1, 0.15) is 194 Å². The highest BCUT2D eigenvalue weighted by Gasteiger charge is 2.24. The highest BCUT2D eigenvalue weighted by atomic mass is 16.5. The van der Waals surface area contributed by atoms with Crippen molar-refractivity contribution in [2.75, 3.05) is 13.2 Å². The van der Waals surface area contributed by atoms with Gasteiger partial charge in [-0.2, -0.15) is 0 Å². The topological polar surface area (TPSA) is 27.7 Å². The van der Waals surface area contributed by atoms with E-state index >= 15 is 0 Å². The Hall–Kier alpha value is -0.120. The van der Waals surface area contributed by atoms with Gasteiger partial charge < -0.3 is 14.2 Å². The van der Waals surface area contributed by atoms with Crippen molar-refractivity contribution in [1.29, 1.82) is 0 Å². The molecule has 0 bridgehead atoms. The summed E-state index contributed by atoms with van der Waals surface area (Å²) in [7, 11) is 0. The predicted molar refractivity (Wildman–Crippen MR) is 169 cm³/mol. The Morgan fingerprint density at radius 2 is 0.769 bits per heavy atom. The van der Waals surface area contributed by atoms with E-state index in [1.165, 1.54) is 180 Å². The van der Waals surface area contributed by atoms with Crippen LogP contribution in [0, 0.1) is 0 Å². The molecule has 0 aromatic heterocycles. The fraction of sp³-hybridized carbons (Fsp3) is 1.00. The molecule has 0 aromatic rings. The van der Waals surface area contributed by atoms with Gasteiger partial charge in [-0.05, 0) is 51.4 Å².